The molecule has 2 aromatic rings. The third kappa shape index (κ3) is 6.12. The van der Waals surface area contributed by atoms with Crippen LogP contribution >= 0.6 is 0 Å². The van der Waals surface area contributed by atoms with Crippen LogP contribution < -0.4 is 15.0 Å². The Morgan fingerprint density at radius 1 is 1.16 bits per heavy atom. The van der Waals surface area contributed by atoms with Crippen LogP contribution in [0.3, 0.4) is 0 Å². The van der Waals surface area contributed by atoms with Crippen molar-refractivity contribution >= 4 is 17.3 Å². The van der Waals surface area contributed by atoms with Gasteiger partial charge in [0, 0.05) is 31.9 Å². The number of amides is 1. The SMILES string of the molecule is CC(=O)Nc1ccc(OCC(O)CN(C)c2cc(C)cc(C)c2)cc1. The molecule has 0 aromatic heterocycles. The van der Waals surface area contributed by atoms with Crippen LogP contribution in [0.2, 0.25) is 0 Å². The third-order valence-corrected chi connectivity index (χ3v) is 3.75. The lowest BCUT2D eigenvalue weighted by Crippen LogP contribution is -2.33. The molecular weight excluding hydrogens is 316 g/mol. The Labute approximate surface area is 149 Å². The molecule has 2 rings (SSSR count). The summed E-state index contributed by atoms with van der Waals surface area (Å²) in [6.07, 6.45) is -0.610. The molecule has 2 N–H and O–H groups in total. The van der Waals surface area contributed by atoms with Crippen molar-refractivity contribution in [1.29, 1.82) is 0 Å². The largest absolute Gasteiger partial charge is 0.491 e. The molecule has 0 saturated carbocycles. The van der Waals surface area contributed by atoms with Gasteiger partial charge in [-0.3, -0.25) is 4.79 Å². The number of aliphatic hydroxyl groups excluding tert-OH is 1. The van der Waals surface area contributed by atoms with Gasteiger partial charge in [0.05, 0.1) is 0 Å². The van der Waals surface area contributed by atoms with E-state index in [2.05, 4.69) is 37.4 Å². The van der Waals surface area contributed by atoms with Crippen LogP contribution in [0.5, 0.6) is 5.75 Å². The van der Waals surface area contributed by atoms with Crippen molar-refractivity contribution in [2.75, 3.05) is 30.4 Å². The number of hydrogen-bond acceptors (Lipinski definition) is 4. The van der Waals surface area contributed by atoms with Gasteiger partial charge in [-0.05, 0) is 61.4 Å². The molecule has 0 aliphatic rings. The molecule has 0 aliphatic carbocycles. The van der Waals surface area contributed by atoms with E-state index in [4.69, 9.17) is 4.74 Å². The van der Waals surface area contributed by atoms with Crippen molar-refractivity contribution in [3.63, 3.8) is 0 Å². The molecule has 134 valence electrons. The fraction of sp³-hybridized carbons (Fsp3) is 0.350. The molecular formula is C20H26N2O3. The predicted molar refractivity (Wildman–Crippen MR) is 101 cm³/mol. The monoisotopic (exact) mass is 342 g/mol. The highest BCUT2D eigenvalue weighted by atomic mass is 16.5. The first-order valence-electron chi connectivity index (χ1n) is 8.31. The molecule has 5 heteroatoms. The smallest absolute Gasteiger partial charge is 0.221 e. The van der Waals surface area contributed by atoms with Gasteiger partial charge in [0.15, 0.2) is 0 Å². The van der Waals surface area contributed by atoms with Gasteiger partial charge in [0.2, 0.25) is 5.91 Å². The maximum Gasteiger partial charge on any atom is 0.221 e. The van der Waals surface area contributed by atoms with Gasteiger partial charge in [-0.2, -0.15) is 0 Å². The number of hydrogen-bond donors (Lipinski definition) is 2. The molecule has 1 amide bonds. The maximum absolute atomic E-state index is 11.0. The number of likely N-dealkylation sites (N-methyl/N-ethyl adjacent to an activating group) is 1. The zero-order valence-electron chi connectivity index (χ0n) is 15.2. The van der Waals surface area contributed by atoms with Crippen LogP contribution in [-0.4, -0.2) is 37.3 Å². The predicted octanol–water partition coefficient (Wildman–Crippen LogP) is 3.14. The summed E-state index contributed by atoms with van der Waals surface area (Å²) >= 11 is 0. The first-order chi connectivity index (χ1) is 11.8. The highest BCUT2D eigenvalue weighted by Gasteiger charge is 2.11. The van der Waals surface area contributed by atoms with Gasteiger partial charge in [-0.1, -0.05) is 6.07 Å². The average Bonchev–Trinajstić information content (AvgIpc) is 2.52. The normalized spacial score (nSPS) is 11.7. The van der Waals surface area contributed by atoms with Gasteiger partial charge in [0.25, 0.3) is 0 Å². The van der Waals surface area contributed by atoms with E-state index in [1.807, 2.05) is 11.9 Å². The summed E-state index contributed by atoms with van der Waals surface area (Å²) in [6.45, 7) is 6.28. The van der Waals surface area contributed by atoms with Crippen LogP contribution in [0.4, 0.5) is 11.4 Å². The summed E-state index contributed by atoms with van der Waals surface area (Å²) in [7, 11) is 1.96. The Kier molecular flexibility index (Phi) is 6.42. The number of anilines is 2. The van der Waals surface area contributed by atoms with E-state index in [1.165, 1.54) is 18.1 Å². The number of benzene rings is 2. The summed E-state index contributed by atoms with van der Waals surface area (Å²) in [5.41, 5.74) is 4.20. The van der Waals surface area contributed by atoms with Crippen molar-refractivity contribution < 1.29 is 14.6 Å². The summed E-state index contributed by atoms with van der Waals surface area (Å²) in [6, 6.07) is 13.4. The number of aliphatic hydroxyl groups is 1. The fourth-order valence-corrected chi connectivity index (χ4v) is 2.68. The zero-order valence-corrected chi connectivity index (χ0v) is 15.2. The minimum atomic E-state index is -0.610. The molecule has 25 heavy (non-hydrogen) atoms. The fourth-order valence-electron chi connectivity index (χ4n) is 2.68. The van der Waals surface area contributed by atoms with Gasteiger partial charge < -0.3 is 20.1 Å². The number of nitrogens with one attached hydrogen (secondary N) is 1. The van der Waals surface area contributed by atoms with Crippen molar-refractivity contribution in [3.8, 4) is 5.75 Å². The van der Waals surface area contributed by atoms with E-state index in [1.54, 1.807) is 24.3 Å². The molecule has 0 bridgehead atoms. The number of aryl methyl sites for hydroxylation is 2. The molecule has 1 atom stereocenters. The molecule has 0 aliphatic heterocycles. The number of ether oxygens (including phenoxy) is 1. The van der Waals surface area contributed by atoms with Crippen molar-refractivity contribution in [2.45, 2.75) is 26.9 Å². The number of carbonyl (C=O) groups excluding carboxylic acids is 1. The molecule has 5 nitrogen and oxygen atoms in total. The standard InChI is InChI=1S/C20H26N2O3/c1-14-9-15(2)11-18(10-14)22(4)12-19(24)13-25-20-7-5-17(6-8-20)21-16(3)23/h5-11,19,24H,12-13H2,1-4H3,(H,21,23). The minimum absolute atomic E-state index is 0.112. The highest BCUT2D eigenvalue weighted by molar-refractivity contribution is 5.88. The lowest BCUT2D eigenvalue weighted by Gasteiger charge is -2.23. The molecule has 0 saturated heterocycles. The molecule has 0 fully saturated rings. The number of carbonyl (C=O) groups is 1. The van der Waals surface area contributed by atoms with Crippen LogP contribution in [0.1, 0.15) is 18.1 Å². The van der Waals surface area contributed by atoms with Crippen LogP contribution in [0.25, 0.3) is 0 Å². The molecule has 1 unspecified atom stereocenters. The van der Waals surface area contributed by atoms with E-state index in [0.29, 0.717) is 12.3 Å². The third-order valence-electron chi connectivity index (χ3n) is 3.75. The summed E-state index contributed by atoms with van der Waals surface area (Å²) in [5, 5.41) is 12.9. The molecule has 0 heterocycles. The number of nitrogens with zero attached hydrogens (tertiary/aromatic N) is 1. The second-order valence-corrected chi connectivity index (χ2v) is 6.40. The Bertz CT molecular complexity index is 693. The van der Waals surface area contributed by atoms with Crippen LogP contribution in [-0.2, 0) is 4.79 Å². The topological polar surface area (TPSA) is 61.8 Å². The van der Waals surface area contributed by atoms with E-state index >= 15 is 0 Å². The average molecular weight is 342 g/mol. The second kappa shape index (κ2) is 8.53. The minimum Gasteiger partial charge on any atom is -0.491 e. The van der Waals surface area contributed by atoms with Crippen molar-refractivity contribution in [3.05, 3.63) is 53.6 Å². The van der Waals surface area contributed by atoms with Crippen molar-refractivity contribution in [2.24, 2.45) is 0 Å². The number of rotatable bonds is 7. The van der Waals surface area contributed by atoms with E-state index in [-0.39, 0.29) is 12.5 Å². The van der Waals surface area contributed by atoms with Gasteiger partial charge in [-0.15, -0.1) is 0 Å². The Morgan fingerprint density at radius 2 is 1.76 bits per heavy atom. The Hall–Kier alpha value is -2.53. The van der Waals surface area contributed by atoms with Crippen LogP contribution in [0, 0.1) is 13.8 Å². The zero-order chi connectivity index (χ0) is 18.4. The summed E-state index contributed by atoms with van der Waals surface area (Å²) < 4.78 is 5.62. The summed E-state index contributed by atoms with van der Waals surface area (Å²) in [4.78, 5) is 13.0. The summed E-state index contributed by atoms with van der Waals surface area (Å²) in [5.74, 6) is 0.542. The maximum atomic E-state index is 11.0. The van der Waals surface area contributed by atoms with E-state index < -0.39 is 6.10 Å². The van der Waals surface area contributed by atoms with Crippen LogP contribution in [0.15, 0.2) is 42.5 Å². The molecule has 0 spiro atoms. The van der Waals surface area contributed by atoms with Gasteiger partial charge in [-0.25, -0.2) is 0 Å². The highest BCUT2D eigenvalue weighted by Crippen LogP contribution is 2.19. The first-order valence-corrected chi connectivity index (χ1v) is 8.31. The Morgan fingerprint density at radius 3 is 2.32 bits per heavy atom. The second-order valence-electron chi connectivity index (χ2n) is 6.40. The first kappa shape index (κ1) is 18.8. The molecule has 2 aromatic carbocycles. The van der Waals surface area contributed by atoms with Gasteiger partial charge in [0.1, 0.15) is 18.5 Å². The lowest BCUT2D eigenvalue weighted by atomic mass is 10.1. The van der Waals surface area contributed by atoms with Gasteiger partial charge >= 0.3 is 0 Å². The van der Waals surface area contributed by atoms with E-state index in [0.717, 1.165) is 11.4 Å². The Balaban J connectivity index is 1.85. The lowest BCUT2D eigenvalue weighted by molar-refractivity contribution is -0.114. The van der Waals surface area contributed by atoms with Crippen molar-refractivity contribution in [1.82, 2.24) is 0 Å². The quantitative estimate of drug-likeness (QED) is 0.811. The molecule has 0 radical (unpaired) electrons. The van der Waals surface area contributed by atoms with E-state index in [9.17, 15) is 9.90 Å².